The summed E-state index contributed by atoms with van der Waals surface area (Å²) in [7, 11) is 0. The summed E-state index contributed by atoms with van der Waals surface area (Å²) in [5.74, 6) is 0. The molecule has 0 bridgehead atoms. The Balaban J connectivity index is 2.17. The highest BCUT2D eigenvalue weighted by atomic mass is 35.5. The minimum Gasteiger partial charge on any atom is -0.444 e. The van der Waals surface area contributed by atoms with Gasteiger partial charge in [-0.1, -0.05) is 40.9 Å². The lowest BCUT2D eigenvalue weighted by Gasteiger charge is -2.32. The smallest absolute Gasteiger partial charge is 0.423 e. The molecule has 0 heterocycles. The van der Waals surface area contributed by atoms with E-state index in [1.165, 1.54) is 6.07 Å². The lowest BCUT2D eigenvalue weighted by molar-refractivity contribution is -0.260. The van der Waals surface area contributed by atoms with Gasteiger partial charge in [-0.2, -0.15) is 13.2 Å². The zero-order valence-corrected chi connectivity index (χ0v) is 20.6. The third kappa shape index (κ3) is 7.06. The fourth-order valence-electron chi connectivity index (χ4n) is 2.88. The van der Waals surface area contributed by atoms with E-state index in [0.717, 1.165) is 17.7 Å². The molecule has 1 atom stereocenters. The Kier molecular flexibility index (Phi) is 8.44. The summed E-state index contributed by atoms with van der Waals surface area (Å²) >= 11 is 17.5. The van der Waals surface area contributed by atoms with Crippen molar-refractivity contribution in [2.45, 2.75) is 51.6 Å². The van der Waals surface area contributed by atoms with Crippen molar-refractivity contribution in [1.29, 1.82) is 0 Å². The van der Waals surface area contributed by atoms with Crippen LogP contribution in [-0.2, 0) is 16.9 Å². The summed E-state index contributed by atoms with van der Waals surface area (Å²) in [4.78, 5) is 11.8. The van der Waals surface area contributed by atoms with Crippen molar-refractivity contribution in [3.8, 4) is 0 Å². The molecule has 0 saturated heterocycles. The number of hydrogen-bond acceptors (Lipinski definition) is 4. The number of amides is 1. The number of aryl methyl sites for hydroxylation is 1. The second-order valence-electron chi connectivity index (χ2n) is 8.46. The van der Waals surface area contributed by atoms with Gasteiger partial charge in [0.1, 0.15) is 5.60 Å². The van der Waals surface area contributed by atoms with Gasteiger partial charge in [0, 0.05) is 12.2 Å². The molecule has 3 N–H and O–H groups in total. The zero-order valence-electron chi connectivity index (χ0n) is 18.3. The second-order valence-corrected chi connectivity index (χ2v) is 9.65. The first-order valence-corrected chi connectivity index (χ1v) is 10.9. The summed E-state index contributed by atoms with van der Waals surface area (Å²) in [6.45, 7) is 6.24. The number of alkyl carbamates (subject to hydrolysis) is 1. The molecule has 2 aromatic carbocycles. The monoisotopic (exact) mass is 526 g/mol. The molecule has 2 aromatic rings. The number of carbonyl (C=O) groups excluding carboxylic acids is 1. The van der Waals surface area contributed by atoms with E-state index in [2.05, 4.69) is 10.6 Å². The molecular formula is C22H24Cl3F3N2O3. The van der Waals surface area contributed by atoms with E-state index in [0.29, 0.717) is 11.3 Å². The first-order chi connectivity index (χ1) is 15.0. The number of anilines is 1. The highest BCUT2D eigenvalue weighted by molar-refractivity contribution is 6.48. The van der Waals surface area contributed by atoms with Gasteiger partial charge in [-0.05, 0) is 68.7 Å². The van der Waals surface area contributed by atoms with Gasteiger partial charge in [0.05, 0.1) is 21.6 Å². The van der Waals surface area contributed by atoms with Crippen molar-refractivity contribution in [3.05, 3.63) is 62.1 Å². The number of rotatable bonds is 6. The zero-order chi connectivity index (χ0) is 25.2. The van der Waals surface area contributed by atoms with Gasteiger partial charge in [0.25, 0.3) is 0 Å². The van der Waals surface area contributed by atoms with Crippen molar-refractivity contribution < 1.29 is 27.8 Å². The van der Waals surface area contributed by atoms with Crippen molar-refractivity contribution in [2.24, 2.45) is 0 Å². The van der Waals surface area contributed by atoms with Gasteiger partial charge < -0.3 is 20.5 Å². The molecule has 0 unspecified atom stereocenters. The van der Waals surface area contributed by atoms with E-state index in [9.17, 15) is 23.1 Å². The van der Waals surface area contributed by atoms with Gasteiger partial charge in [-0.25, -0.2) is 4.79 Å². The second kappa shape index (κ2) is 10.2. The quantitative estimate of drug-likeness (QED) is 0.360. The Morgan fingerprint density at radius 3 is 2.12 bits per heavy atom. The number of carbonyl (C=O) groups is 1. The van der Waals surface area contributed by atoms with Gasteiger partial charge in [-0.15, -0.1) is 0 Å². The Morgan fingerprint density at radius 1 is 1.06 bits per heavy atom. The maximum absolute atomic E-state index is 13.8. The number of nitrogens with one attached hydrogen (secondary N) is 2. The molecule has 0 radical (unpaired) electrons. The van der Waals surface area contributed by atoms with E-state index in [-0.39, 0.29) is 21.6 Å². The third-order valence-electron chi connectivity index (χ3n) is 4.64. The fraction of sp³-hybridized carbons (Fsp3) is 0.409. The Hall–Kier alpha value is -1.87. The number of benzene rings is 2. The molecule has 0 aliphatic heterocycles. The van der Waals surface area contributed by atoms with Gasteiger partial charge in [0.15, 0.2) is 0 Å². The van der Waals surface area contributed by atoms with E-state index in [1.54, 1.807) is 39.8 Å². The average Bonchev–Trinajstić information content (AvgIpc) is 2.66. The van der Waals surface area contributed by atoms with E-state index in [1.807, 2.05) is 0 Å². The largest absolute Gasteiger partial charge is 0.444 e. The Bertz CT molecular complexity index is 1000. The predicted molar refractivity (Wildman–Crippen MR) is 124 cm³/mol. The molecule has 0 spiro atoms. The molecular weight excluding hydrogens is 504 g/mol. The third-order valence-corrected chi connectivity index (χ3v) is 5.84. The molecule has 1 amide bonds. The van der Waals surface area contributed by atoms with Crippen LogP contribution in [0.5, 0.6) is 0 Å². The fourth-order valence-corrected chi connectivity index (χ4v) is 3.47. The number of ether oxygens (including phenoxy) is 1. The summed E-state index contributed by atoms with van der Waals surface area (Å²) < 4.78 is 46.7. The number of halogens is 6. The summed E-state index contributed by atoms with van der Waals surface area (Å²) in [6, 6.07) is 6.66. The van der Waals surface area contributed by atoms with Crippen LogP contribution in [0, 0.1) is 6.92 Å². The van der Waals surface area contributed by atoms with E-state index >= 15 is 0 Å². The molecule has 2 rings (SSSR count). The topological polar surface area (TPSA) is 70.6 Å². The van der Waals surface area contributed by atoms with Crippen LogP contribution in [0.15, 0.2) is 30.3 Å². The molecule has 0 fully saturated rings. The maximum atomic E-state index is 13.8. The predicted octanol–water partition coefficient (Wildman–Crippen LogP) is 6.84. The number of hydrogen-bond donors (Lipinski definition) is 3. The summed E-state index contributed by atoms with van der Waals surface area (Å²) in [5, 5.41) is 15.3. The lowest BCUT2D eigenvalue weighted by atomic mass is 9.92. The highest BCUT2D eigenvalue weighted by Crippen LogP contribution is 2.43. The molecule has 0 saturated carbocycles. The Morgan fingerprint density at radius 2 is 1.64 bits per heavy atom. The van der Waals surface area contributed by atoms with Crippen molar-refractivity contribution >= 4 is 46.6 Å². The highest BCUT2D eigenvalue weighted by Gasteiger charge is 2.55. The first-order valence-electron chi connectivity index (χ1n) is 9.78. The number of aliphatic hydroxyl groups is 1. The van der Waals surface area contributed by atoms with Crippen LogP contribution in [0.3, 0.4) is 0 Å². The average molecular weight is 528 g/mol. The molecule has 0 aromatic heterocycles. The molecule has 5 nitrogen and oxygen atoms in total. The van der Waals surface area contributed by atoms with Crippen LogP contribution in [0.1, 0.15) is 37.5 Å². The minimum absolute atomic E-state index is 0.106. The van der Waals surface area contributed by atoms with Crippen LogP contribution in [0.4, 0.5) is 23.7 Å². The molecule has 0 aliphatic rings. The van der Waals surface area contributed by atoms with E-state index < -0.39 is 35.6 Å². The standard InChI is InChI=1S/C22H24Cl3F3N2O3/c1-12-7-15(6-5-13(12)10-29-19(31)33-20(2,3)4)30-11-21(32,22(26,27)28)14-8-16(23)18(25)17(24)9-14/h5-9,30,32H,10-11H2,1-4H3,(H,29,31)/t21-/m0/s1. The van der Waals surface area contributed by atoms with Crippen LogP contribution >= 0.6 is 34.8 Å². The van der Waals surface area contributed by atoms with Crippen molar-refractivity contribution in [3.63, 3.8) is 0 Å². The van der Waals surface area contributed by atoms with Crippen molar-refractivity contribution in [2.75, 3.05) is 11.9 Å². The maximum Gasteiger partial charge on any atom is 0.423 e. The normalized spacial score (nSPS) is 13.9. The van der Waals surface area contributed by atoms with Gasteiger partial charge in [-0.3, -0.25) is 0 Å². The lowest BCUT2D eigenvalue weighted by Crippen LogP contribution is -2.47. The summed E-state index contributed by atoms with van der Waals surface area (Å²) in [6.07, 6.45) is -5.62. The SMILES string of the molecule is Cc1cc(NC[C@](O)(c2cc(Cl)c(Cl)c(Cl)c2)C(F)(F)F)ccc1CNC(=O)OC(C)(C)C. The summed E-state index contributed by atoms with van der Waals surface area (Å²) in [5.41, 5.74) is -2.67. The molecule has 11 heteroatoms. The van der Waals surface area contributed by atoms with Crippen LogP contribution in [-0.4, -0.2) is 29.5 Å². The Labute approximate surface area is 205 Å². The molecule has 182 valence electrons. The first kappa shape index (κ1) is 27.4. The molecule has 0 aliphatic carbocycles. The van der Waals surface area contributed by atoms with Crippen LogP contribution in [0.25, 0.3) is 0 Å². The number of alkyl halides is 3. The van der Waals surface area contributed by atoms with Crippen LogP contribution < -0.4 is 10.6 Å². The minimum atomic E-state index is -5.03. The van der Waals surface area contributed by atoms with Gasteiger partial charge >= 0.3 is 12.3 Å². The van der Waals surface area contributed by atoms with E-state index in [4.69, 9.17) is 39.5 Å². The van der Waals surface area contributed by atoms with Gasteiger partial charge in [0.2, 0.25) is 5.60 Å². The van der Waals surface area contributed by atoms with Crippen molar-refractivity contribution in [1.82, 2.24) is 5.32 Å². The van der Waals surface area contributed by atoms with Crippen LogP contribution in [0.2, 0.25) is 15.1 Å². The molecule has 33 heavy (non-hydrogen) atoms.